The summed E-state index contributed by atoms with van der Waals surface area (Å²) >= 11 is 0. The molecule has 2 saturated heterocycles. The first-order valence-corrected chi connectivity index (χ1v) is 23.5. The summed E-state index contributed by atoms with van der Waals surface area (Å²) in [6.07, 6.45) is 6.37. The molecule has 2 fully saturated rings. The molecule has 2 bridgehead atoms. The number of cyclic esters (lactones) is 1. The summed E-state index contributed by atoms with van der Waals surface area (Å²) in [6, 6.07) is -1.11. The van der Waals surface area contributed by atoms with Crippen molar-refractivity contribution in [3.05, 3.63) is 85.1 Å². The first kappa shape index (κ1) is 58.8. The Kier molecular flexibility index (Phi) is 26.8. The highest BCUT2D eigenvalue weighted by molar-refractivity contribution is 5.80. The van der Waals surface area contributed by atoms with Gasteiger partial charge in [0, 0.05) is 58.3 Å². The predicted molar refractivity (Wildman–Crippen MR) is 250 cm³/mol. The summed E-state index contributed by atoms with van der Waals surface area (Å²) in [4.78, 5) is 26.2. The van der Waals surface area contributed by atoms with Crippen LogP contribution in [-0.2, 0) is 33.3 Å². The van der Waals surface area contributed by atoms with E-state index in [4.69, 9.17) is 29.4 Å². The van der Waals surface area contributed by atoms with Crippen LogP contribution in [0.3, 0.4) is 0 Å². The van der Waals surface area contributed by atoms with Crippen molar-refractivity contribution in [1.82, 2.24) is 5.32 Å². The Morgan fingerprint density at radius 1 is 0.735 bits per heavy atom. The van der Waals surface area contributed by atoms with E-state index in [9.17, 15) is 60.7 Å². The number of amides is 1. The van der Waals surface area contributed by atoms with E-state index >= 15 is 0 Å². The molecule has 8 unspecified atom stereocenters. The van der Waals surface area contributed by atoms with Gasteiger partial charge in [0.1, 0.15) is 12.2 Å². The van der Waals surface area contributed by atoms with Crippen molar-refractivity contribution in [3.63, 3.8) is 0 Å². The number of nitrogens with two attached hydrogens (primary N) is 1. The molecule has 0 spiro atoms. The van der Waals surface area contributed by atoms with E-state index in [2.05, 4.69) is 5.32 Å². The molecular weight excluding hydrogens is 889 g/mol. The van der Waals surface area contributed by atoms with Crippen molar-refractivity contribution in [2.45, 2.75) is 169 Å². The summed E-state index contributed by atoms with van der Waals surface area (Å²) in [6.45, 7) is 3.77. The SMILES string of the molecule is COCCCNC(=O)C1[C@@H]2CC(O[C@@H]3OC[C@@H](O)[C@H](N)[C@@H]3O)/C=C/C=C/C=C/C=C/C=C/C=C/C=C/[C@H](C)[C@@H](O)C[C@H](C)OC(=O)CC(O)CC(O)CCC(O)C(O)CC(O)CC(O)(C[C@@H]1O)O2. The zero-order valence-electron chi connectivity index (χ0n) is 39.4. The second kappa shape index (κ2) is 31.0. The van der Waals surface area contributed by atoms with Crippen molar-refractivity contribution in [2.24, 2.45) is 17.6 Å². The maximum Gasteiger partial charge on any atom is 0.308 e. The number of hydrogen-bond acceptors (Lipinski definition) is 18. The summed E-state index contributed by atoms with van der Waals surface area (Å²) in [5.74, 6) is -5.10. The fourth-order valence-electron chi connectivity index (χ4n) is 8.06. The fraction of sp³-hybridized carbons (Fsp3) is 0.673. The summed E-state index contributed by atoms with van der Waals surface area (Å²) in [5.41, 5.74) is 6.01. The number of ether oxygens (including phenoxy) is 5. The monoisotopic (exact) mass is 967 g/mol. The molecule has 3 heterocycles. The topological polar surface area (TPSA) is 321 Å². The maximum atomic E-state index is 13.7. The van der Waals surface area contributed by atoms with Gasteiger partial charge in [0.05, 0.1) is 86.0 Å². The Morgan fingerprint density at radius 2 is 1.35 bits per heavy atom. The molecule has 3 aliphatic heterocycles. The molecule has 3 rings (SSSR count). The van der Waals surface area contributed by atoms with E-state index in [0.717, 1.165) is 0 Å². The third-order valence-corrected chi connectivity index (χ3v) is 11.9. The Bertz CT molecular complexity index is 1690. The van der Waals surface area contributed by atoms with Gasteiger partial charge in [0.15, 0.2) is 12.1 Å². The zero-order valence-corrected chi connectivity index (χ0v) is 39.4. The number of carbonyl (C=O) groups excluding carboxylic acids is 2. The first-order valence-electron chi connectivity index (χ1n) is 23.5. The van der Waals surface area contributed by atoms with Gasteiger partial charge >= 0.3 is 5.97 Å². The highest BCUT2D eigenvalue weighted by atomic mass is 16.7. The van der Waals surface area contributed by atoms with Crippen LogP contribution in [-0.4, -0.2) is 181 Å². The van der Waals surface area contributed by atoms with Crippen LogP contribution in [0.4, 0.5) is 0 Å². The lowest BCUT2D eigenvalue weighted by Gasteiger charge is -2.45. The van der Waals surface area contributed by atoms with Crippen LogP contribution in [0.5, 0.6) is 0 Å². The number of allylic oxidation sites excluding steroid dienone is 12. The average Bonchev–Trinajstić information content (AvgIpc) is 3.26. The maximum absolute atomic E-state index is 13.7. The summed E-state index contributed by atoms with van der Waals surface area (Å²) < 4.78 is 28.4. The number of aliphatic hydroxyl groups is 10. The van der Waals surface area contributed by atoms with Crippen molar-refractivity contribution < 1.29 is 84.3 Å². The van der Waals surface area contributed by atoms with Gasteiger partial charge in [-0.2, -0.15) is 0 Å². The molecule has 386 valence electrons. The van der Waals surface area contributed by atoms with E-state index < -0.39 is 135 Å². The second-order valence-electron chi connectivity index (χ2n) is 18.0. The van der Waals surface area contributed by atoms with Crippen LogP contribution in [0, 0.1) is 11.8 Å². The fourth-order valence-corrected chi connectivity index (χ4v) is 8.06. The molecule has 1 amide bonds. The first-order chi connectivity index (χ1) is 32.3. The lowest BCUT2D eigenvalue weighted by molar-refractivity contribution is -0.304. The lowest BCUT2D eigenvalue weighted by Crippen LogP contribution is -2.59. The van der Waals surface area contributed by atoms with Crippen molar-refractivity contribution in [2.75, 3.05) is 26.9 Å². The van der Waals surface area contributed by atoms with Gasteiger partial charge < -0.3 is 85.8 Å². The molecule has 0 aromatic heterocycles. The average molecular weight is 967 g/mol. The van der Waals surface area contributed by atoms with Crippen molar-refractivity contribution in [3.8, 4) is 0 Å². The van der Waals surface area contributed by atoms with Crippen molar-refractivity contribution in [1.29, 1.82) is 0 Å². The Labute approximate surface area is 399 Å². The predicted octanol–water partition coefficient (Wildman–Crippen LogP) is 0.145. The van der Waals surface area contributed by atoms with Gasteiger partial charge in [-0.3, -0.25) is 9.59 Å². The minimum absolute atomic E-state index is 0.0909. The molecule has 19 heteroatoms. The van der Waals surface area contributed by atoms with Crippen LogP contribution >= 0.6 is 0 Å². The number of carbonyl (C=O) groups is 2. The van der Waals surface area contributed by atoms with Crippen LogP contribution in [0.15, 0.2) is 85.1 Å². The number of hydrogen-bond donors (Lipinski definition) is 12. The smallest absolute Gasteiger partial charge is 0.308 e. The standard InChI is InChI=1S/C49H78N2O17/c1-31-17-14-12-10-8-6-4-5-7-9-11-13-15-18-36(67-48-46(61)45(50)41(59)30-65-48)27-42-44(47(62)51-21-16-22-64-3)40(58)29-49(63,68-42)28-35(54)25-39(57)37(55)20-19-33(52)24-34(53)26-43(60)66-32(2)23-38(31)56/h4-15,17-18,31-42,44-46,48,52-59,61,63H,16,19-30,50H2,1-3H3,(H,51,62)/b5-4+,8-6+,9-7+,12-10+,13-11+,17-14+,18-15+/t31-,32-,33?,34?,35?,36?,37?,38-,39?,40-,41+,42-,44?,45-,46-,48-,49?/m0/s1. The van der Waals surface area contributed by atoms with E-state index in [1.54, 1.807) is 61.6 Å². The van der Waals surface area contributed by atoms with Gasteiger partial charge in [0.2, 0.25) is 5.91 Å². The summed E-state index contributed by atoms with van der Waals surface area (Å²) in [5, 5.41) is 111. The zero-order chi connectivity index (χ0) is 50.2. The van der Waals surface area contributed by atoms with Crippen LogP contribution in [0.2, 0.25) is 0 Å². The molecule has 19 nitrogen and oxygen atoms in total. The minimum atomic E-state index is -2.26. The molecular formula is C49H78N2O17. The Balaban J connectivity index is 1.89. The van der Waals surface area contributed by atoms with Gasteiger partial charge in [0.25, 0.3) is 0 Å². The number of esters is 1. The molecule has 0 radical (unpaired) electrons. The van der Waals surface area contributed by atoms with Gasteiger partial charge in [-0.1, -0.05) is 92.0 Å². The van der Waals surface area contributed by atoms with E-state index in [1.165, 1.54) is 7.11 Å². The molecule has 17 atom stereocenters. The molecule has 0 aromatic carbocycles. The van der Waals surface area contributed by atoms with Gasteiger partial charge in [-0.25, -0.2) is 0 Å². The third-order valence-electron chi connectivity index (χ3n) is 11.9. The van der Waals surface area contributed by atoms with Gasteiger partial charge in [-0.15, -0.1) is 0 Å². The van der Waals surface area contributed by atoms with Crippen molar-refractivity contribution >= 4 is 11.9 Å². The number of nitrogens with one attached hydrogen (secondary N) is 1. The summed E-state index contributed by atoms with van der Waals surface area (Å²) in [7, 11) is 1.51. The Morgan fingerprint density at radius 3 is 1.99 bits per heavy atom. The Hall–Kier alpha value is -3.48. The quantitative estimate of drug-likeness (QED) is 0.119. The lowest BCUT2D eigenvalue weighted by atomic mass is 9.82. The molecule has 13 N–H and O–H groups in total. The molecule has 0 aromatic rings. The second-order valence-corrected chi connectivity index (χ2v) is 18.0. The molecule has 0 aliphatic carbocycles. The number of methoxy groups -OCH3 is 1. The number of aliphatic hydroxyl groups excluding tert-OH is 9. The molecule has 0 saturated carbocycles. The minimum Gasteiger partial charge on any atom is -0.462 e. The van der Waals surface area contributed by atoms with Crippen LogP contribution in [0.25, 0.3) is 0 Å². The van der Waals surface area contributed by atoms with E-state index in [1.807, 2.05) is 37.3 Å². The number of fused-ring (bicyclic) bond motifs is 2. The van der Waals surface area contributed by atoms with Crippen LogP contribution < -0.4 is 11.1 Å². The molecule has 68 heavy (non-hydrogen) atoms. The number of rotatable bonds is 7. The highest BCUT2D eigenvalue weighted by Gasteiger charge is 2.50. The highest BCUT2D eigenvalue weighted by Crippen LogP contribution is 2.38. The van der Waals surface area contributed by atoms with E-state index in [-0.39, 0.29) is 51.2 Å². The molecule has 3 aliphatic rings. The van der Waals surface area contributed by atoms with Crippen LogP contribution in [0.1, 0.15) is 78.1 Å². The third kappa shape index (κ3) is 21.7. The van der Waals surface area contributed by atoms with Gasteiger partial charge in [-0.05, 0) is 32.6 Å². The largest absolute Gasteiger partial charge is 0.462 e. The van der Waals surface area contributed by atoms with E-state index in [0.29, 0.717) is 13.0 Å². The normalized spacial score (nSPS) is 41.8.